The van der Waals surface area contributed by atoms with Crippen molar-refractivity contribution in [2.75, 3.05) is 14.7 Å². The van der Waals surface area contributed by atoms with E-state index in [9.17, 15) is 0 Å². The summed E-state index contributed by atoms with van der Waals surface area (Å²) in [5.74, 6) is 2.96. The molecule has 4 aliphatic heterocycles. The highest BCUT2D eigenvalue weighted by atomic mass is 15.2. The Balaban J connectivity index is 0.803. The van der Waals surface area contributed by atoms with Gasteiger partial charge in [-0.15, -0.1) is 0 Å². The number of rotatable bonds is 7. The lowest BCUT2D eigenvalue weighted by Crippen LogP contribution is -2.62. The van der Waals surface area contributed by atoms with Gasteiger partial charge < -0.3 is 14.7 Å². The molecule has 0 N–H and O–H groups in total. The van der Waals surface area contributed by atoms with Crippen molar-refractivity contribution in [3.8, 4) is 22.3 Å². The molecule has 0 aromatic heterocycles. The lowest BCUT2D eigenvalue weighted by atomic mass is 9.33. The van der Waals surface area contributed by atoms with Crippen LogP contribution in [-0.4, -0.2) is 18.8 Å². The monoisotopic (exact) mass is 1220 g/mol. The van der Waals surface area contributed by atoms with E-state index in [1.807, 2.05) is 0 Å². The van der Waals surface area contributed by atoms with Crippen molar-refractivity contribution in [1.29, 1.82) is 0 Å². The zero-order valence-corrected chi connectivity index (χ0v) is 55.3. The van der Waals surface area contributed by atoms with E-state index in [0.717, 1.165) is 11.8 Å². The Labute approximate surface area is 561 Å². The molecular weight excluding hydrogens is 1150 g/mol. The lowest BCUT2D eigenvalue weighted by molar-refractivity contribution is 0.0900. The molecule has 4 atom stereocenters. The Hall–Kier alpha value is -9.64. The van der Waals surface area contributed by atoms with Crippen molar-refractivity contribution in [2.24, 2.45) is 46.3 Å². The normalized spacial score (nSPS) is 25.5. The van der Waals surface area contributed by atoms with Crippen molar-refractivity contribution in [1.82, 2.24) is 0 Å². The lowest BCUT2D eigenvalue weighted by Gasteiger charge is -2.58. The quantitative estimate of drug-likeness (QED) is 0.147. The van der Waals surface area contributed by atoms with Crippen LogP contribution in [0.4, 0.5) is 39.8 Å². The highest BCUT2D eigenvalue weighted by molar-refractivity contribution is 7.00. The summed E-state index contributed by atoms with van der Waals surface area (Å²) in [6.45, 7) is 14.0. The number of piperidine rings is 2. The summed E-state index contributed by atoms with van der Waals surface area (Å²) in [5.41, 5.74) is 37.1. The van der Waals surface area contributed by atoms with E-state index in [-0.39, 0.29) is 17.5 Å². The van der Waals surface area contributed by atoms with Crippen molar-refractivity contribution >= 4 is 74.1 Å². The molecule has 0 radical (unpaired) electrons. The first-order valence-electron chi connectivity index (χ1n) is 35.4. The molecule has 7 aromatic carbocycles. The number of allylic oxidation sites excluding steroid dienone is 28. The Morgan fingerprint density at radius 3 is 1.09 bits per heavy atom. The highest BCUT2D eigenvalue weighted by Gasteiger charge is 2.50. The standard InChI is InChI=1S/C91H78BN3/c1-90(2,3)72-46-66-21-17-62-42-70(43-63-18-22-67(47-72)87(66)85(62)63)60-29-35-79-81(50-60)94(74-31-25-58(26-32-74)56-13-9-7-10-14-56)83-52-78(93-76-38-54-37-55(40-76)41-77(93)39-54)53-84-89(83)92(79)80-36-30-61(51-82(80)95(84)75-33-27-59(28-34-75)57-15-11-8-12-16-57)71-44-64-19-23-68-48-73(91(4,5)6)49-69-24-20-65(45-71)86(64)88(68)69/h7-36,42-55,76-77,85-88H,37-41H2,1-6H3. The van der Waals surface area contributed by atoms with Crippen LogP contribution < -0.4 is 31.1 Å². The molecule has 0 amide bonds. The summed E-state index contributed by atoms with van der Waals surface area (Å²) in [7, 11) is 0. The molecular formula is C91H78BN3. The SMILES string of the molecule is CC(C)(C)C1=CC2=CC=C3C=C(c4ccc5c(c4)N(c4ccc(-c6ccccc6)cc4)c4cc(N6C7CC8CC(C7)CC6C8)cc6c4B5c4ccc(C5=CC7=CC=C8C=C(C(C)(C)C)C=C9C=CC(=C5)C7C89)cc4N6c4ccc(-c5ccccc5)cc4)C=C4C=CC(=C1)C2C34. The maximum Gasteiger partial charge on any atom is 0.252 e. The second-order valence-electron chi connectivity index (χ2n) is 31.7. The Morgan fingerprint density at radius 2 is 0.695 bits per heavy atom. The number of nitrogens with zero attached hydrogens (tertiary/aromatic N) is 3. The predicted molar refractivity (Wildman–Crippen MR) is 399 cm³/mol. The van der Waals surface area contributed by atoms with Gasteiger partial charge >= 0.3 is 0 Å². The fourth-order valence-corrected chi connectivity index (χ4v) is 19.7. The fourth-order valence-electron chi connectivity index (χ4n) is 19.7. The molecule has 3 nitrogen and oxygen atoms in total. The average molecular weight is 1220 g/mol. The minimum atomic E-state index is -0.0524. The van der Waals surface area contributed by atoms with Crippen LogP contribution in [0.2, 0.25) is 0 Å². The van der Waals surface area contributed by atoms with Gasteiger partial charge in [-0.2, -0.15) is 0 Å². The predicted octanol–water partition coefficient (Wildman–Crippen LogP) is 20.7. The molecule has 2 saturated heterocycles. The van der Waals surface area contributed by atoms with Gasteiger partial charge in [0.2, 0.25) is 0 Å². The van der Waals surface area contributed by atoms with Gasteiger partial charge in [-0.25, -0.2) is 0 Å². The molecule has 4 bridgehead atoms. The zero-order valence-electron chi connectivity index (χ0n) is 55.3. The van der Waals surface area contributed by atoms with Crippen LogP contribution >= 0.6 is 0 Å². The molecule has 95 heavy (non-hydrogen) atoms. The smallest absolute Gasteiger partial charge is 0.252 e. The summed E-state index contributed by atoms with van der Waals surface area (Å²) >= 11 is 0. The van der Waals surface area contributed by atoms with Crippen LogP contribution in [0.5, 0.6) is 0 Å². The minimum absolute atomic E-state index is 0.0524. The molecule has 21 rings (SSSR count). The van der Waals surface area contributed by atoms with Gasteiger partial charge in [-0.3, -0.25) is 0 Å². The molecule has 2 saturated carbocycles. The van der Waals surface area contributed by atoms with E-state index in [1.165, 1.54) is 189 Å². The van der Waals surface area contributed by atoms with Crippen molar-refractivity contribution in [2.45, 2.75) is 85.7 Å². The highest BCUT2D eigenvalue weighted by Crippen LogP contribution is 2.57. The molecule has 4 fully saturated rings. The van der Waals surface area contributed by atoms with Gasteiger partial charge in [0.25, 0.3) is 6.71 Å². The minimum Gasteiger partial charge on any atom is -0.365 e. The average Bonchev–Trinajstić information content (AvgIpc) is 0.698. The molecule has 14 aliphatic rings. The molecule has 0 spiro atoms. The van der Waals surface area contributed by atoms with Gasteiger partial charge in [0.05, 0.1) is 0 Å². The molecule has 4 heteroatoms. The number of hydrogen-bond donors (Lipinski definition) is 0. The first kappa shape index (κ1) is 55.8. The Bertz CT molecular complexity index is 4700. The zero-order chi connectivity index (χ0) is 63.3. The molecule has 10 aliphatic carbocycles. The summed E-state index contributed by atoms with van der Waals surface area (Å²) < 4.78 is 0. The molecule has 4 heterocycles. The van der Waals surface area contributed by atoms with Crippen LogP contribution in [0, 0.1) is 46.3 Å². The van der Waals surface area contributed by atoms with Crippen LogP contribution in [0.25, 0.3) is 33.4 Å². The van der Waals surface area contributed by atoms with Gasteiger partial charge in [0, 0.05) is 75.6 Å². The van der Waals surface area contributed by atoms with Crippen LogP contribution in [0.15, 0.2) is 311 Å². The van der Waals surface area contributed by atoms with E-state index in [2.05, 4.69) is 311 Å². The molecule has 460 valence electrons. The second kappa shape index (κ2) is 20.4. The Kier molecular flexibility index (Phi) is 12.0. The van der Waals surface area contributed by atoms with Gasteiger partial charge in [0.15, 0.2) is 0 Å². The van der Waals surface area contributed by atoms with E-state index >= 15 is 0 Å². The van der Waals surface area contributed by atoms with Crippen LogP contribution in [0.3, 0.4) is 0 Å². The Morgan fingerprint density at radius 1 is 0.326 bits per heavy atom. The number of benzene rings is 7. The first-order chi connectivity index (χ1) is 46.3. The third kappa shape index (κ3) is 8.71. The number of anilines is 7. The van der Waals surface area contributed by atoms with Crippen molar-refractivity contribution in [3.05, 3.63) is 322 Å². The fraction of sp³-hybridized carbons (Fsp3) is 0.231. The number of hydrogen-bond acceptors (Lipinski definition) is 3. The molecule has 7 aromatic rings. The second-order valence-corrected chi connectivity index (χ2v) is 31.7. The third-order valence-electron chi connectivity index (χ3n) is 24.1. The largest absolute Gasteiger partial charge is 0.365 e. The number of fused-ring (bicyclic) bond motifs is 4. The summed E-state index contributed by atoms with van der Waals surface area (Å²) in [5, 5.41) is 0. The van der Waals surface area contributed by atoms with Crippen molar-refractivity contribution < 1.29 is 0 Å². The van der Waals surface area contributed by atoms with Crippen molar-refractivity contribution in [3.63, 3.8) is 0 Å². The maximum atomic E-state index is 2.94. The van der Waals surface area contributed by atoms with E-state index in [0.29, 0.717) is 35.8 Å². The topological polar surface area (TPSA) is 9.72 Å². The van der Waals surface area contributed by atoms with Crippen LogP contribution in [0.1, 0.15) is 84.8 Å². The van der Waals surface area contributed by atoms with Crippen LogP contribution in [-0.2, 0) is 0 Å². The van der Waals surface area contributed by atoms with E-state index < -0.39 is 0 Å². The first-order valence-corrected chi connectivity index (χ1v) is 35.4. The van der Waals surface area contributed by atoms with E-state index in [4.69, 9.17) is 0 Å². The molecule has 4 unspecified atom stereocenters. The van der Waals surface area contributed by atoms with E-state index in [1.54, 1.807) is 0 Å². The summed E-state index contributed by atoms with van der Waals surface area (Å²) in [6, 6.07) is 62.3. The summed E-state index contributed by atoms with van der Waals surface area (Å²) in [4.78, 5) is 8.31. The maximum absolute atomic E-state index is 2.94. The third-order valence-corrected chi connectivity index (χ3v) is 24.1. The van der Waals surface area contributed by atoms with Gasteiger partial charge in [-0.1, -0.05) is 248 Å². The van der Waals surface area contributed by atoms with Gasteiger partial charge in [0.1, 0.15) is 0 Å². The van der Waals surface area contributed by atoms with Gasteiger partial charge in [-0.05, 0) is 220 Å². The summed E-state index contributed by atoms with van der Waals surface area (Å²) in [6.07, 6.45) is 46.0.